The second-order valence-electron chi connectivity index (χ2n) is 2.73. The molecule has 0 unspecified atom stereocenters. The van der Waals surface area contributed by atoms with Crippen LogP contribution in [0.4, 0.5) is 0 Å². The SMILES string of the molecule is O=C(O)CCC(=O)ON(CCO)CCO.[MgH2]. The van der Waals surface area contributed by atoms with Crippen LogP contribution in [-0.2, 0) is 14.4 Å². The van der Waals surface area contributed by atoms with Crippen LogP contribution >= 0.6 is 0 Å². The molecule has 0 saturated carbocycles. The first kappa shape index (κ1) is 18.0. The molecule has 0 aromatic carbocycles. The number of nitrogens with zero attached hydrogens (tertiary/aromatic N) is 1. The van der Waals surface area contributed by atoms with Crippen LogP contribution in [0.2, 0.25) is 0 Å². The van der Waals surface area contributed by atoms with Gasteiger partial charge in [-0.15, -0.1) is 5.06 Å². The van der Waals surface area contributed by atoms with Crippen molar-refractivity contribution in [2.45, 2.75) is 12.8 Å². The third-order valence-corrected chi connectivity index (χ3v) is 1.47. The van der Waals surface area contributed by atoms with Gasteiger partial charge in [-0.1, -0.05) is 0 Å². The predicted molar refractivity (Wildman–Crippen MR) is 57.3 cm³/mol. The van der Waals surface area contributed by atoms with Gasteiger partial charge in [-0.25, -0.2) is 0 Å². The smallest absolute Gasteiger partial charge is 0.325 e. The van der Waals surface area contributed by atoms with Crippen molar-refractivity contribution in [2.24, 2.45) is 0 Å². The lowest BCUT2D eigenvalue weighted by Gasteiger charge is -2.18. The summed E-state index contributed by atoms with van der Waals surface area (Å²) in [5, 5.41) is 26.6. The van der Waals surface area contributed by atoms with Gasteiger partial charge in [0.15, 0.2) is 0 Å². The molecule has 0 aliphatic carbocycles. The molecule has 0 aromatic rings. The third-order valence-electron chi connectivity index (χ3n) is 1.47. The van der Waals surface area contributed by atoms with E-state index in [0.717, 1.165) is 5.06 Å². The standard InChI is InChI=1S/C8H15NO6.Mg.2H/c10-5-3-9(4-6-11)15-8(14)2-1-7(12)13;;;/h10-11H,1-6H2,(H,12,13);;;. The lowest BCUT2D eigenvalue weighted by atomic mass is 10.3. The Kier molecular flexibility index (Phi) is 12.4. The Morgan fingerprint density at radius 3 is 1.94 bits per heavy atom. The number of hydroxylamine groups is 2. The third kappa shape index (κ3) is 10.1. The fraction of sp³-hybridized carbons (Fsp3) is 0.750. The highest BCUT2D eigenvalue weighted by atomic mass is 24.3. The van der Waals surface area contributed by atoms with Crippen molar-refractivity contribution in [3.05, 3.63) is 0 Å². The molecular formula is C8H17MgNO6. The summed E-state index contributed by atoms with van der Waals surface area (Å²) in [7, 11) is 0. The first-order valence-corrected chi connectivity index (χ1v) is 4.49. The van der Waals surface area contributed by atoms with E-state index in [2.05, 4.69) is 0 Å². The molecule has 92 valence electrons. The summed E-state index contributed by atoms with van der Waals surface area (Å²) < 4.78 is 0. The van der Waals surface area contributed by atoms with E-state index in [1.807, 2.05) is 0 Å². The zero-order chi connectivity index (χ0) is 11.7. The lowest BCUT2D eigenvalue weighted by Crippen LogP contribution is -2.32. The zero-order valence-corrected chi connectivity index (χ0v) is 8.26. The van der Waals surface area contributed by atoms with Crippen LogP contribution in [0.15, 0.2) is 0 Å². The Morgan fingerprint density at radius 2 is 1.56 bits per heavy atom. The van der Waals surface area contributed by atoms with Gasteiger partial charge in [-0.3, -0.25) is 9.59 Å². The number of aliphatic hydroxyl groups is 2. The minimum atomic E-state index is -1.08. The van der Waals surface area contributed by atoms with E-state index in [1.165, 1.54) is 0 Å². The number of aliphatic carboxylic acids is 1. The highest BCUT2D eigenvalue weighted by Crippen LogP contribution is 1.97. The number of carboxylic acid groups (broad SMARTS) is 1. The van der Waals surface area contributed by atoms with Crippen LogP contribution in [0.1, 0.15) is 12.8 Å². The molecule has 3 N–H and O–H groups in total. The Labute approximate surface area is 109 Å². The van der Waals surface area contributed by atoms with Crippen molar-refractivity contribution >= 4 is 35.0 Å². The molecule has 16 heavy (non-hydrogen) atoms. The number of carbonyl (C=O) groups is 2. The van der Waals surface area contributed by atoms with Gasteiger partial charge in [-0.2, -0.15) is 0 Å². The van der Waals surface area contributed by atoms with Gasteiger partial charge in [0.05, 0.1) is 39.1 Å². The second-order valence-corrected chi connectivity index (χ2v) is 2.73. The van der Waals surface area contributed by atoms with E-state index in [4.69, 9.17) is 20.2 Å². The van der Waals surface area contributed by atoms with Gasteiger partial charge in [0.1, 0.15) is 0 Å². The molecule has 0 fully saturated rings. The van der Waals surface area contributed by atoms with Crippen LogP contribution in [-0.4, -0.2) is 81.7 Å². The van der Waals surface area contributed by atoms with Crippen LogP contribution < -0.4 is 0 Å². The first-order chi connectivity index (χ1) is 7.10. The number of carboxylic acids is 1. The number of hydrogen-bond donors (Lipinski definition) is 3. The molecule has 7 nitrogen and oxygen atoms in total. The van der Waals surface area contributed by atoms with E-state index in [9.17, 15) is 9.59 Å². The van der Waals surface area contributed by atoms with Crippen molar-refractivity contribution in [1.82, 2.24) is 5.06 Å². The number of hydrogen-bond acceptors (Lipinski definition) is 6. The van der Waals surface area contributed by atoms with Gasteiger partial charge >= 0.3 is 35.0 Å². The molecule has 0 rings (SSSR count). The topological polar surface area (TPSA) is 107 Å². The lowest BCUT2D eigenvalue weighted by molar-refractivity contribution is -0.194. The number of carbonyl (C=O) groups excluding carboxylic acids is 1. The number of rotatable bonds is 8. The largest absolute Gasteiger partial charge is 0.481 e. The van der Waals surface area contributed by atoms with E-state index in [1.54, 1.807) is 0 Å². The van der Waals surface area contributed by atoms with Crippen LogP contribution in [0.25, 0.3) is 0 Å². The van der Waals surface area contributed by atoms with E-state index < -0.39 is 11.9 Å². The molecule has 0 atom stereocenters. The van der Waals surface area contributed by atoms with Crippen molar-refractivity contribution in [1.29, 1.82) is 0 Å². The van der Waals surface area contributed by atoms with Crippen LogP contribution in [0, 0.1) is 0 Å². The number of aliphatic hydroxyl groups excluding tert-OH is 2. The van der Waals surface area contributed by atoms with Crippen molar-refractivity contribution in [3.63, 3.8) is 0 Å². The maximum Gasteiger partial charge on any atom is 0.325 e. The van der Waals surface area contributed by atoms with Crippen molar-refractivity contribution in [2.75, 3.05) is 26.3 Å². The summed E-state index contributed by atoms with van der Waals surface area (Å²) in [5.74, 6) is -1.78. The van der Waals surface area contributed by atoms with E-state index in [-0.39, 0.29) is 62.2 Å². The minimum Gasteiger partial charge on any atom is -0.481 e. The predicted octanol–water partition coefficient (Wildman–Crippen LogP) is -2.32. The molecule has 0 bridgehead atoms. The maximum atomic E-state index is 11.0. The summed E-state index contributed by atoms with van der Waals surface area (Å²) >= 11 is 0. The van der Waals surface area contributed by atoms with Gasteiger partial charge in [0.25, 0.3) is 0 Å². The molecule has 0 aliphatic rings. The Bertz CT molecular complexity index is 207. The maximum absolute atomic E-state index is 11.0. The molecule has 0 saturated heterocycles. The van der Waals surface area contributed by atoms with Gasteiger partial charge in [0.2, 0.25) is 0 Å². The fourth-order valence-corrected chi connectivity index (χ4v) is 0.825. The monoisotopic (exact) mass is 247 g/mol. The van der Waals surface area contributed by atoms with E-state index in [0.29, 0.717) is 0 Å². The average molecular weight is 248 g/mol. The average Bonchev–Trinajstić information content (AvgIpc) is 2.15. The molecule has 0 aliphatic heterocycles. The summed E-state index contributed by atoms with van der Waals surface area (Å²) in [6.45, 7) is -0.267. The molecule has 0 aromatic heterocycles. The highest BCUT2D eigenvalue weighted by molar-refractivity contribution is 5.76. The minimum absolute atomic E-state index is 0. The summed E-state index contributed by atoms with van der Waals surface area (Å²) in [5.41, 5.74) is 0. The van der Waals surface area contributed by atoms with Gasteiger partial charge in [-0.05, 0) is 0 Å². The zero-order valence-electron chi connectivity index (χ0n) is 8.26. The summed E-state index contributed by atoms with van der Waals surface area (Å²) in [6, 6.07) is 0. The first-order valence-electron chi connectivity index (χ1n) is 4.49. The molecule has 8 heteroatoms. The Balaban J connectivity index is 0. The molecular weight excluding hydrogens is 230 g/mol. The quantitative estimate of drug-likeness (QED) is 0.326. The summed E-state index contributed by atoms with van der Waals surface area (Å²) in [6.07, 6.45) is -0.534. The van der Waals surface area contributed by atoms with Crippen molar-refractivity contribution < 1.29 is 29.7 Å². The Hall–Kier alpha value is -0.414. The van der Waals surface area contributed by atoms with Gasteiger partial charge in [0, 0.05) is 0 Å². The van der Waals surface area contributed by atoms with Crippen molar-refractivity contribution in [3.8, 4) is 0 Å². The normalized spacial score (nSPS) is 9.69. The Morgan fingerprint density at radius 1 is 1.06 bits per heavy atom. The second kappa shape index (κ2) is 11.1. The van der Waals surface area contributed by atoms with Crippen LogP contribution in [0.3, 0.4) is 0 Å². The summed E-state index contributed by atoms with van der Waals surface area (Å²) in [4.78, 5) is 25.8. The molecule has 0 heterocycles. The van der Waals surface area contributed by atoms with E-state index >= 15 is 0 Å². The highest BCUT2D eigenvalue weighted by Gasteiger charge is 2.12. The molecule has 0 radical (unpaired) electrons. The van der Waals surface area contributed by atoms with Gasteiger partial charge < -0.3 is 20.2 Å². The van der Waals surface area contributed by atoms with Crippen LogP contribution in [0.5, 0.6) is 0 Å². The molecule has 0 spiro atoms. The fourth-order valence-electron chi connectivity index (χ4n) is 0.825. The molecule has 0 amide bonds.